The summed E-state index contributed by atoms with van der Waals surface area (Å²) in [4.78, 5) is 56.2. The van der Waals surface area contributed by atoms with Crippen LogP contribution in [0.1, 0.15) is 159 Å². The highest BCUT2D eigenvalue weighted by molar-refractivity contribution is 7.82. The molecule has 55 nitrogen and oxygen atoms in total. The molecule has 1 aromatic carbocycles. The van der Waals surface area contributed by atoms with Gasteiger partial charge >= 0.3 is 62.4 Å². The van der Waals surface area contributed by atoms with Crippen LogP contribution in [0.25, 0.3) is 0 Å². The summed E-state index contributed by atoms with van der Waals surface area (Å²) in [5.41, 5.74) is 1.18. The number of methoxy groups -OCH3 is 4. The zero-order chi connectivity index (χ0) is 110. The molecule has 858 valence electrons. The first-order valence-electron chi connectivity index (χ1n) is 48.4. The number of aliphatic hydroxyl groups is 3. The Bertz CT molecular complexity index is 4980. The van der Waals surface area contributed by atoms with Crippen LogP contribution in [0.15, 0.2) is 30.3 Å². The summed E-state index contributed by atoms with van der Waals surface area (Å²) in [6.45, 7) is 12.4. The smallest absolute Gasteiger partial charge is 0.394 e. The third-order valence-corrected chi connectivity index (χ3v) is 28.9. The first-order chi connectivity index (χ1) is 69.6. The summed E-state index contributed by atoms with van der Waals surface area (Å²) in [5, 5.41) is 33.7. The van der Waals surface area contributed by atoms with Gasteiger partial charge in [0.05, 0.1) is 50.8 Å². The van der Waals surface area contributed by atoms with E-state index >= 15 is 0 Å². The van der Waals surface area contributed by atoms with Crippen molar-refractivity contribution in [3.63, 3.8) is 0 Å². The maximum atomic E-state index is 14.5. The highest BCUT2D eigenvalue weighted by atomic mass is 32.3. The lowest BCUT2D eigenvalue weighted by atomic mass is 9.88. The molecule has 8 aliphatic rings. The lowest BCUT2D eigenvalue weighted by Crippen LogP contribution is -2.68. The molecule has 0 saturated carbocycles. The maximum Gasteiger partial charge on any atom is 0.397 e. The van der Waals surface area contributed by atoms with Crippen molar-refractivity contribution >= 4 is 85.5 Å². The number of ether oxygens (including phenoxy) is 24. The van der Waals surface area contributed by atoms with Crippen molar-refractivity contribution in [3.8, 4) is 0 Å². The van der Waals surface area contributed by atoms with E-state index in [1.165, 1.54) is 26.3 Å². The van der Waals surface area contributed by atoms with E-state index in [4.69, 9.17) is 139 Å². The molecule has 148 heavy (non-hydrogen) atoms. The van der Waals surface area contributed by atoms with Crippen molar-refractivity contribution in [2.24, 2.45) is 23.7 Å². The molecule has 8 heterocycles. The summed E-state index contributed by atoms with van der Waals surface area (Å²) >= 11 is 0. The molecule has 1 aromatic rings. The van der Waals surface area contributed by atoms with E-state index in [2.05, 4.69) is 0 Å². The molecule has 16 unspecified atom stereocenters. The predicted octanol–water partition coefficient (Wildman–Crippen LogP) is 1.35. The fraction of sp³-hybridized carbons (Fsp3) is 0.885. The van der Waals surface area contributed by atoms with E-state index in [0.717, 1.165) is 81.8 Å². The first kappa shape index (κ1) is 127. The molecule has 9 rings (SSSR count). The number of hydrogen-bond acceptors (Lipinski definition) is 49. The van der Waals surface area contributed by atoms with Crippen molar-refractivity contribution in [2.45, 2.75) is 381 Å². The Kier molecular flexibility index (Phi) is 50.0. The van der Waals surface area contributed by atoms with Crippen LogP contribution in [0.2, 0.25) is 0 Å². The highest BCUT2D eigenvalue weighted by Crippen LogP contribution is 2.46. The normalized spacial score (nSPS) is 37.5. The van der Waals surface area contributed by atoms with Crippen LogP contribution >= 0.6 is 0 Å². The summed E-state index contributed by atoms with van der Waals surface area (Å²) in [5.74, 6) is -8.62. The molecule has 0 bridgehead atoms. The first-order valence-corrected chi connectivity index (χ1v) is 56.6. The molecule has 0 radical (unpaired) electrons. The van der Waals surface area contributed by atoms with Crippen LogP contribution in [0.5, 0.6) is 0 Å². The quantitative estimate of drug-likeness (QED) is 0.0328. The molecule has 8 fully saturated rings. The summed E-state index contributed by atoms with van der Waals surface area (Å²) < 4.78 is 399. The second kappa shape index (κ2) is 58.0. The number of Topliss-reactive ketones (excluding diaryl/α,β-unsaturated/α-hetero) is 4. The zero-order valence-electron chi connectivity index (χ0n) is 84.6. The number of rotatable bonds is 61. The van der Waals surface area contributed by atoms with Gasteiger partial charge in [-0.2, -0.15) is 50.5 Å². The Morgan fingerprint density at radius 2 is 0.547 bits per heavy atom. The Morgan fingerprint density at radius 3 is 0.824 bits per heavy atom. The number of unbranched alkanes of at least 4 members (excludes halogenated alkanes) is 6. The standard InChI is InChI=1S/C87H144O55S6/c1-17-21-34-117-61-43(5)57(52(39-88)124-80(61)121-38-30-26-29-33-51-31-27-25-28-32-51)128-85-77(140-146(104,105)106)70(114-14)73(66(133-85)48(10)91)136-81-62(118-35-22-18-2)44(6)58(53(40-89)125-81)129-86-78(141-147(107,108)109)71(115-15)74(67(134-86)49(11)92)137-83-64(120-37-24-20-4)46(8)60(55(127-83)42-123-144(98,99)100)131-87-79(142-148(110,111)112)72(116-16)75(68(135-87)50(12)93)138-82-63(119-36-23-19-3)45(7)59(54(126-82)41-122-143(95,96)97)130-84-76(139-145(101,102)103)69(113-13)56(94)65(132-84)47(9)90/h25,27-28,31-32,43-46,52-89,94H,17-24,26,29-30,33-42H2,1-16H3,(H,95,96,97)(H,98,99,100)(H,101,102,103)(H,104,105,106)(H,107,108,109)(H,110,111,112)/t43-,44-,45-,46-,52?,53?,54?,55?,56+,57-,58-,59-,60-,61?,62?,63?,64?,65?,66?,67?,68?,69?,70?,71?,72?,73-,74+,75+,76-,77-,78-,79-,80+,81+,82-,83+,84+,85+,86+,87+/m0/s1. The van der Waals surface area contributed by atoms with E-state index < -0.39 is 357 Å². The van der Waals surface area contributed by atoms with E-state index in [1.54, 1.807) is 20.8 Å². The molecule has 0 aromatic heterocycles. The molecule has 40 atom stereocenters. The van der Waals surface area contributed by atoms with Gasteiger partial charge in [0.2, 0.25) is 0 Å². The monoisotopic (exact) mass is 2260 g/mol. The number of carbonyl (C=O) groups excluding carboxylic acids is 4. The fourth-order valence-corrected chi connectivity index (χ4v) is 21.5. The molecule has 8 saturated heterocycles. The van der Waals surface area contributed by atoms with Gasteiger partial charge in [-0.15, -0.1) is 0 Å². The topological polar surface area (TPSA) is 732 Å². The van der Waals surface area contributed by atoms with Gasteiger partial charge in [0.1, 0.15) is 122 Å². The van der Waals surface area contributed by atoms with Crippen LogP contribution < -0.4 is 0 Å². The van der Waals surface area contributed by atoms with Gasteiger partial charge in [-0.25, -0.2) is 25.1 Å². The van der Waals surface area contributed by atoms with Gasteiger partial charge < -0.3 is 129 Å². The van der Waals surface area contributed by atoms with Gasteiger partial charge in [0.25, 0.3) is 0 Å². The SMILES string of the molecule is CCCCOC1[C@H](O[C@@H]2C(C(C)=O)O[C@@H](O[C@@H]3C(COS(=O)(=O)O)O[C@H](O[C@@H]4C(C(C)=O)O[C@@H](O[C@@H]5C(CO)O[C@H](O[C@H]6C(C(C)=O)O[C@@H](O[C@@H]7C(CO)O[C@@H](OCCCCCc8ccccc8)C(OCCCC)[C@H]7C)[C@@H](OS(=O)(=O)O)C6OC)C(OCCCC)[C@H]5C)[C@@H](OS(=O)(=O)O)C4OC)C(OCCCC)[C@H]3C)[C@@H](OS(=O)(=O)O)C2OC)OC(COS(=O)(=O)O)[C@@H](O[C@@H]2OC(C(C)=O)[C@@H](O)C(OC)[C@@H]2OS(=O)(=O)O)[C@@H]1C. The van der Waals surface area contributed by atoms with Gasteiger partial charge in [-0.05, 0) is 78.2 Å². The van der Waals surface area contributed by atoms with E-state index in [9.17, 15) is 112 Å². The van der Waals surface area contributed by atoms with Crippen LogP contribution in [0.3, 0.4) is 0 Å². The van der Waals surface area contributed by atoms with Crippen LogP contribution in [-0.4, -0.2) is 425 Å². The van der Waals surface area contributed by atoms with Gasteiger partial charge in [0.15, 0.2) is 97.9 Å². The molecular weight excluding hydrogens is 2120 g/mol. The highest BCUT2D eigenvalue weighted by Gasteiger charge is 2.64. The molecule has 0 spiro atoms. The van der Waals surface area contributed by atoms with Crippen molar-refractivity contribution < 1.29 is 251 Å². The molecule has 61 heteroatoms. The Hall–Kier alpha value is -3.96. The predicted molar refractivity (Wildman–Crippen MR) is 495 cm³/mol. The second-order valence-electron chi connectivity index (χ2n) is 36.9. The number of hydrogen-bond donors (Lipinski definition) is 9. The van der Waals surface area contributed by atoms with E-state index in [0.29, 0.717) is 38.5 Å². The van der Waals surface area contributed by atoms with Crippen molar-refractivity contribution in [1.29, 1.82) is 0 Å². The van der Waals surface area contributed by atoms with Gasteiger partial charge in [-0.3, -0.25) is 46.5 Å². The number of benzene rings is 1. The number of ketones is 4. The van der Waals surface area contributed by atoms with Crippen molar-refractivity contribution in [2.75, 3.05) is 87.9 Å². The summed E-state index contributed by atoms with van der Waals surface area (Å²) in [6.07, 6.45) is -62.1. The molecule has 8 aliphatic heterocycles. The van der Waals surface area contributed by atoms with Gasteiger partial charge in [-0.1, -0.05) is 118 Å². The van der Waals surface area contributed by atoms with Crippen LogP contribution in [0.4, 0.5) is 0 Å². The third kappa shape index (κ3) is 35.8. The Labute approximate surface area is 860 Å². The lowest BCUT2D eigenvalue weighted by molar-refractivity contribution is -0.389. The number of aryl methyl sites for hydroxylation is 1. The number of aliphatic hydroxyl groups excluding tert-OH is 3. The average molecular weight is 2260 g/mol. The Balaban J connectivity index is 1.01. The molecule has 0 aliphatic carbocycles. The van der Waals surface area contributed by atoms with Crippen molar-refractivity contribution in [3.05, 3.63) is 35.9 Å². The lowest BCUT2D eigenvalue weighted by Gasteiger charge is -2.52. The minimum atomic E-state index is -5.86. The van der Waals surface area contributed by atoms with Crippen molar-refractivity contribution in [1.82, 2.24) is 0 Å². The largest absolute Gasteiger partial charge is 0.397 e. The maximum absolute atomic E-state index is 14.5. The molecule has 0 amide bonds. The summed E-state index contributed by atoms with van der Waals surface area (Å²) in [7, 11) is -29.9. The van der Waals surface area contributed by atoms with Crippen LogP contribution in [0, 0.1) is 23.7 Å². The molecule has 9 N–H and O–H groups in total. The molecular formula is C87H144O55S6. The average Bonchev–Trinajstić information content (AvgIpc) is 0.754. The Morgan fingerprint density at radius 1 is 0.291 bits per heavy atom. The van der Waals surface area contributed by atoms with Crippen LogP contribution in [-0.2, 0) is 227 Å². The third-order valence-electron chi connectivity index (χ3n) is 26.2. The zero-order valence-corrected chi connectivity index (χ0v) is 89.5. The van der Waals surface area contributed by atoms with Gasteiger partial charge in [0, 0.05) is 85.1 Å². The minimum Gasteiger partial charge on any atom is -0.394 e. The summed E-state index contributed by atoms with van der Waals surface area (Å²) in [6, 6.07) is 9.94. The van der Waals surface area contributed by atoms with E-state index in [-0.39, 0.29) is 45.9 Å². The van der Waals surface area contributed by atoms with E-state index in [1.807, 2.05) is 44.2 Å². The fourth-order valence-electron chi connectivity index (χ4n) is 19.0. The minimum absolute atomic E-state index is 0.115. The second-order valence-corrected chi connectivity index (χ2v) is 43.3. The number of carbonyl (C=O) groups is 4.